The Morgan fingerprint density at radius 1 is 1.14 bits per heavy atom. The van der Waals surface area contributed by atoms with Crippen LogP contribution in [0.1, 0.15) is 18.9 Å². The van der Waals surface area contributed by atoms with E-state index in [0.29, 0.717) is 23.3 Å². The Morgan fingerprint density at radius 3 is 2.57 bits per heavy atom. The average molecular weight is 377 g/mol. The SMILES string of the molecule is C=C(C)C(=N)OCCCc1ccc2cc(-c3ccc(OC)cc3)c(=O)oc2c1. The van der Waals surface area contributed by atoms with Crippen molar-refractivity contribution in [2.75, 3.05) is 13.7 Å². The summed E-state index contributed by atoms with van der Waals surface area (Å²) in [6.07, 6.45) is 1.53. The van der Waals surface area contributed by atoms with Crippen molar-refractivity contribution in [2.24, 2.45) is 0 Å². The molecular weight excluding hydrogens is 354 g/mol. The van der Waals surface area contributed by atoms with E-state index in [0.717, 1.165) is 35.1 Å². The summed E-state index contributed by atoms with van der Waals surface area (Å²) in [5.41, 5.74) is 3.18. The van der Waals surface area contributed by atoms with Gasteiger partial charge in [0.05, 0.1) is 19.3 Å². The fourth-order valence-corrected chi connectivity index (χ4v) is 2.86. The summed E-state index contributed by atoms with van der Waals surface area (Å²) in [7, 11) is 1.60. The number of methoxy groups -OCH3 is 1. The zero-order chi connectivity index (χ0) is 20.1. The first-order valence-corrected chi connectivity index (χ1v) is 9.06. The summed E-state index contributed by atoms with van der Waals surface area (Å²) >= 11 is 0. The van der Waals surface area contributed by atoms with Gasteiger partial charge in [-0.25, -0.2) is 4.79 Å². The van der Waals surface area contributed by atoms with Crippen LogP contribution in [0.3, 0.4) is 0 Å². The van der Waals surface area contributed by atoms with E-state index in [1.165, 1.54) is 0 Å². The first-order chi connectivity index (χ1) is 13.5. The van der Waals surface area contributed by atoms with Crippen molar-refractivity contribution in [1.82, 2.24) is 0 Å². The molecule has 144 valence electrons. The summed E-state index contributed by atoms with van der Waals surface area (Å²) in [5.74, 6) is 0.858. The molecule has 3 aromatic rings. The number of ether oxygens (including phenoxy) is 2. The van der Waals surface area contributed by atoms with Crippen molar-refractivity contribution in [3.63, 3.8) is 0 Å². The lowest BCUT2D eigenvalue weighted by molar-refractivity contribution is 0.296. The highest BCUT2D eigenvalue weighted by Crippen LogP contribution is 2.24. The summed E-state index contributed by atoms with van der Waals surface area (Å²) in [6.45, 7) is 5.87. The Labute approximate surface area is 163 Å². The molecule has 0 aliphatic rings. The molecule has 0 saturated heterocycles. The van der Waals surface area contributed by atoms with Crippen LogP contribution in [0.4, 0.5) is 0 Å². The van der Waals surface area contributed by atoms with Crippen LogP contribution in [0.25, 0.3) is 22.1 Å². The molecule has 0 aliphatic carbocycles. The third kappa shape index (κ3) is 4.49. The highest BCUT2D eigenvalue weighted by Gasteiger charge is 2.09. The van der Waals surface area contributed by atoms with Gasteiger partial charge in [0.2, 0.25) is 5.90 Å². The first-order valence-electron chi connectivity index (χ1n) is 9.06. The Bertz CT molecular complexity index is 1060. The van der Waals surface area contributed by atoms with Crippen molar-refractivity contribution in [3.8, 4) is 16.9 Å². The van der Waals surface area contributed by atoms with Crippen LogP contribution in [-0.2, 0) is 11.2 Å². The summed E-state index contributed by atoms with van der Waals surface area (Å²) in [5, 5.41) is 8.46. The molecule has 5 heteroatoms. The predicted molar refractivity (Wildman–Crippen MR) is 111 cm³/mol. The van der Waals surface area contributed by atoms with Crippen molar-refractivity contribution < 1.29 is 13.9 Å². The van der Waals surface area contributed by atoms with E-state index in [-0.39, 0.29) is 11.5 Å². The quantitative estimate of drug-likeness (QED) is 0.273. The van der Waals surface area contributed by atoms with Gasteiger partial charge in [0.1, 0.15) is 11.3 Å². The fourth-order valence-electron chi connectivity index (χ4n) is 2.86. The van der Waals surface area contributed by atoms with Gasteiger partial charge in [-0.15, -0.1) is 0 Å². The fraction of sp³-hybridized carbons (Fsp3) is 0.217. The molecule has 1 heterocycles. The highest BCUT2D eigenvalue weighted by atomic mass is 16.5. The Hall–Kier alpha value is -3.34. The molecule has 0 radical (unpaired) electrons. The van der Waals surface area contributed by atoms with Crippen LogP contribution in [0.5, 0.6) is 5.75 Å². The zero-order valence-electron chi connectivity index (χ0n) is 16.1. The van der Waals surface area contributed by atoms with Crippen molar-refractivity contribution in [3.05, 3.63) is 76.7 Å². The number of benzene rings is 2. The second-order valence-corrected chi connectivity index (χ2v) is 6.61. The molecule has 0 amide bonds. The molecule has 5 nitrogen and oxygen atoms in total. The van der Waals surface area contributed by atoms with Crippen LogP contribution in [0.15, 0.2) is 69.9 Å². The lowest BCUT2D eigenvalue weighted by Gasteiger charge is -2.08. The molecular formula is C23H23NO4. The second kappa shape index (κ2) is 8.57. The lowest BCUT2D eigenvalue weighted by Crippen LogP contribution is -2.06. The molecule has 28 heavy (non-hydrogen) atoms. The summed E-state index contributed by atoms with van der Waals surface area (Å²) in [4.78, 5) is 12.4. The molecule has 0 aliphatic heterocycles. The number of fused-ring (bicyclic) bond motifs is 1. The minimum atomic E-state index is -0.368. The minimum Gasteiger partial charge on any atom is -0.497 e. The molecule has 2 aromatic carbocycles. The van der Waals surface area contributed by atoms with E-state index in [2.05, 4.69) is 6.58 Å². The third-order valence-electron chi connectivity index (χ3n) is 4.45. The first kappa shape index (κ1) is 19.4. The monoisotopic (exact) mass is 377 g/mol. The maximum atomic E-state index is 12.4. The maximum absolute atomic E-state index is 12.4. The number of rotatable bonds is 7. The molecule has 1 N–H and O–H groups in total. The van der Waals surface area contributed by atoms with Gasteiger partial charge in [-0.3, -0.25) is 5.41 Å². The van der Waals surface area contributed by atoms with Crippen LogP contribution in [0, 0.1) is 5.41 Å². The van der Waals surface area contributed by atoms with Gasteiger partial charge < -0.3 is 13.9 Å². The van der Waals surface area contributed by atoms with Crippen LogP contribution in [-0.4, -0.2) is 19.6 Å². The van der Waals surface area contributed by atoms with Gasteiger partial charge in [-0.1, -0.05) is 30.8 Å². The van der Waals surface area contributed by atoms with E-state index in [9.17, 15) is 4.79 Å². The van der Waals surface area contributed by atoms with Gasteiger partial charge in [0.25, 0.3) is 0 Å². The number of aryl methyl sites for hydroxylation is 1. The Balaban J connectivity index is 1.75. The molecule has 0 atom stereocenters. The van der Waals surface area contributed by atoms with Gasteiger partial charge in [0.15, 0.2) is 0 Å². The molecule has 0 bridgehead atoms. The standard InChI is InChI=1S/C23H23NO4/c1-15(2)22(24)27-12-4-5-16-6-7-18-14-20(23(25)28-21(18)13-16)17-8-10-19(26-3)11-9-17/h6-11,13-14,24H,1,4-5,12H2,2-3H3. The largest absolute Gasteiger partial charge is 0.497 e. The molecule has 0 unspecified atom stereocenters. The smallest absolute Gasteiger partial charge is 0.344 e. The van der Waals surface area contributed by atoms with E-state index in [4.69, 9.17) is 19.3 Å². The Kier molecular flexibility index (Phi) is 5.94. The minimum absolute atomic E-state index is 0.121. The molecule has 1 aromatic heterocycles. The van der Waals surface area contributed by atoms with Gasteiger partial charge in [-0.05, 0) is 55.2 Å². The molecule has 0 saturated carbocycles. The Morgan fingerprint density at radius 2 is 1.89 bits per heavy atom. The van der Waals surface area contributed by atoms with E-state index >= 15 is 0 Å². The van der Waals surface area contributed by atoms with Gasteiger partial charge in [-0.2, -0.15) is 0 Å². The van der Waals surface area contributed by atoms with E-state index in [1.54, 1.807) is 14.0 Å². The maximum Gasteiger partial charge on any atom is 0.344 e. The topological polar surface area (TPSA) is 72.5 Å². The number of nitrogens with one attached hydrogen (secondary N) is 1. The van der Waals surface area contributed by atoms with Crippen LogP contribution in [0.2, 0.25) is 0 Å². The predicted octanol–water partition coefficient (Wildman–Crippen LogP) is 4.97. The van der Waals surface area contributed by atoms with E-state index < -0.39 is 0 Å². The van der Waals surface area contributed by atoms with Crippen molar-refractivity contribution in [1.29, 1.82) is 5.41 Å². The molecule has 3 rings (SSSR count). The third-order valence-corrected chi connectivity index (χ3v) is 4.45. The van der Waals surface area contributed by atoms with Crippen LogP contribution < -0.4 is 10.4 Å². The zero-order valence-corrected chi connectivity index (χ0v) is 16.1. The number of hydrogen-bond acceptors (Lipinski definition) is 5. The highest BCUT2D eigenvalue weighted by molar-refractivity contribution is 5.89. The van der Waals surface area contributed by atoms with Crippen molar-refractivity contribution >= 4 is 16.9 Å². The second-order valence-electron chi connectivity index (χ2n) is 6.61. The summed E-state index contributed by atoms with van der Waals surface area (Å²) < 4.78 is 16.0. The summed E-state index contributed by atoms with van der Waals surface area (Å²) in [6, 6.07) is 15.0. The molecule has 0 spiro atoms. The van der Waals surface area contributed by atoms with Crippen molar-refractivity contribution in [2.45, 2.75) is 19.8 Å². The van der Waals surface area contributed by atoms with E-state index in [1.807, 2.05) is 48.5 Å². The molecule has 0 fully saturated rings. The van der Waals surface area contributed by atoms with Gasteiger partial charge in [0, 0.05) is 11.0 Å². The normalized spacial score (nSPS) is 10.6. The van der Waals surface area contributed by atoms with Crippen LogP contribution >= 0.6 is 0 Å². The average Bonchev–Trinajstić information content (AvgIpc) is 2.70. The number of hydrogen-bond donors (Lipinski definition) is 1. The lowest BCUT2D eigenvalue weighted by atomic mass is 10.0. The van der Waals surface area contributed by atoms with Gasteiger partial charge >= 0.3 is 5.63 Å².